The van der Waals surface area contributed by atoms with Crippen LogP contribution in [0.4, 0.5) is 0 Å². The summed E-state index contributed by atoms with van der Waals surface area (Å²) in [7, 11) is 0. The average Bonchev–Trinajstić information content (AvgIpc) is 2.66. The quantitative estimate of drug-likeness (QED) is 0.753. The fourth-order valence-electron chi connectivity index (χ4n) is 2.06. The van der Waals surface area contributed by atoms with E-state index in [1.54, 1.807) is 17.2 Å². The van der Waals surface area contributed by atoms with Gasteiger partial charge in [-0.2, -0.15) is 5.10 Å². The lowest BCUT2D eigenvalue weighted by atomic mass is 9.86. The van der Waals surface area contributed by atoms with Crippen molar-refractivity contribution in [3.8, 4) is 0 Å². The van der Waals surface area contributed by atoms with Crippen LogP contribution >= 0.6 is 0 Å². The van der Waals surface area contributed by atoms with Crippen LogP contribution in [0.25, 0.3) is 0 Å². The summed E-state index contributed by atoms with van der Waals surface area (Å²) in [5, 5.41) is 6.42. The van der Waals surface area contributed by atoms with Crippen molar-refractivity contribution in [1.82, 2.24) is 15.1 Å². The first-order valence-electron chi connectivity index (χ1n) is 5.22. The number of nitrogens with two attached hydrogens (primary N) is 1. The lowest BCUT2D eigenvalue weighted by Crippen LogP contribution is -2.68. The normalized spacial score (nSPS) is 18.7. The fourth-order valence-corrected chi connectivity index (χ4v) is 2.06. The molecule has 0 atom stereocenters. The van der Waals surface area contributed by atoms with Crippen LogP contribution in [0.1, 0.15) is 30.3 Å². The second kappa shape index (κ2) is 3.66. The molecule has 1 aromatic rings. The van der Waals surface area contributed by atoms with Gasteiger partial charge in [-0.05, 0) is 12.5 Å². The summed E-state index contributed by atoms with van der Waals surface area (Å²) >= 11 is 0. The summed E-state index contributed by atoms with van der Waals surface area (Å²) in [4.78, 5) is 13.5. The molecule has 0 saturated carbocycles. The summed E-state index contributed by atoms with van der Waals surface area (Å²) < 4.78 is 0. The van der Waals surface area contributed by atoms with Crippen LogP contribution in [0.15, 0.2) is 12.3 Å². The van der Waals surface area contributed by atoms with Crippen LogP contribution in [0.3, 0.4) is 0 Å². The maximum absolute atomic E-state index is 11.8. The van der Waals surface area contributed by atoms with Gasteiger partial charge in [0.25, 0.3) is 5.91 Å². The molecule has 2 rings (SSSR count). The lowest BCUT2D eigenvalue weighted by molar-refractivity contribution is 0.0381. The van der Waals surface area contributed by atoms with Gasteiger partial charge in [-0.15, -0.1) is 0 Å². The molecule has 0 aliphatic carbocycles. The van der Waals surface area contributed by atoms with Crippen molar-refractivity contribution in [3.05, 3.63) is 18.0 Å². The van der Waals surface area contributed by atoms with Crippen LogP contribution < -0.4 is 5.73 Å². The Morgan fingerprint density at radius 1 is 1.73 bits per heavy atom. The molecule has 1 aromatic heterocycles. The number of amides is 1. The fraction of sp³-hybridized carbons (Fsp3) is 0.600. The van der Waals surface area contributed by atoms with Crippen LogP contribution in [0, 0.1) is 0 Å². The van der Waals surface area contributed by atoms with Gasteiger partial charge in [-0.1, -0.05) is 13.3 Å². The molecule has 0 bridgehead atoms. The van der Waals surface area contributed by atoms with Crippen LogP contribution in [-0.4, -0.2) is 39.6 Å². The van der Waals surface area contributed by atoms with Crippen molar-refractivity contribution in [3.63, 3.8) is 0 Å². The van der Waals surface area contributed by atoms with Gasteiger partial charge in [-0.3, -0.25) is 9.89 Å². The zero-order valence-electron chi connectivity index (χ0n) is 8.86. The van der Waals surface area contributed by atoms with Gasteiger partial charge >= 0.3 is 0 Å². The van der Waals surface area contributed by atoms with Gasteiger partial charge in [0.15, 0.2) is 0 Å². The Morgan fingerprint density at radius 3 is 3.00 bits per heavy atom. The van der Waals surface area contributed by atoms with E-state index in [0.29, 0.717) is 18.8 Å². The number of aromatic nitrogens is 2. The van der Waals surface area contributed by atoms with E-state index in [4.69, 9.17) is 5.73 Å². The first-order valence-corrected chi connectivity index (χ1v) is 5.22. The van der Waals surface area contributed by atoms with Gasteiger partial charge in [0.2, 0.25) is 0 Å². The Bertz CT molecular complexity index is 340. The third kappa shape index (κ3) is 1.87. The first-order chi connectivity index (χ1) is 7.14. The van der Waals surface area contributed by atoms with E-state index in [2.05, 4.69) is 17.1 Å². The highest BCUT2D eigenvalue weighted by Gasteiger charge is 2.41. The molecule has 15 heavy (non-hydrogen) atoms. The monoisotopic (exact) mass is 208 g/mol. The Kier molecular flexibility index (Phi) is 2.48. The minimum Gasteiger partial charge on any atom is -0.334 e. The van der Waals surface area contributed by atoms with Crippen molar-refractivity contribution in [2.24, 2.45) is 5.73 Å². The highest BCUT2D eigenvalue weighted by atomic mass is 16.2. The average molecular weight is 208 g/mol. The molecular formula is C10H16N4O. The Labute approximate surface area is 88.6 Å². The second-order valence-electron chi connectivity index (χ2n) is 4.24. The minimum atomic E-state index is -0.162. The number of carbonyl (C=O) groups is 1. The number of nitrogens with zero attached hydrogens (tertiary/aromatic N) is 2. The highest BCUT2D eigenvalue weighted by Crippen LogP contribution is 2.24. The molecular weight excluding hydrogens is 192 g/mol. The molecule has 1 aliphatic rings. The molecule has 0 spiro atoms. The number of hydrogen-bond acceptors (Lipinski definition) is 3. The third-order valence-electron chi connectivity index (χ3n) is 2.78. The van der Waals surface area contributed by atoms with Gasteiger partial charge in [0.05, 0.1) is 5.54 Å². The number of likely N-dealkylation sites (tertiary alicyclic amines) is 1. The summed E-state index contributed by atoms with van der Waals surface area (Å²) in [5.74, 6) is -0.00956. The van der Waals surface area contributed by atoms with Gasteiger partial charge < -0.3 is 10.6 Å². The zero-order valence-corrected chi connectivity index (χ0v) is 8.86. The predicted octanol–water partition coefficient (Wildman–Crippen LogP) is 0.363. The summed E-state index contributed by atoms with van der Waals surface area (Å²) in [6, 6.07) is 1.68. The van der Waals surface area contributed by atoms with E-state index in [9.17, 15) is 4.79 Å². The number of rotatable bonds is 3. The van der Waals surface area contributed by atoms with Gasteiger partial charge in [0.1, 0.15) is 5.69 Å². The zero-order chi connectivity index (χ0) is 10.9. The molecule has 0 aromatic carbocycles. The predicted molar refractivity (Wildman–Crippen MR) is 56.3 cm³/mol. The second-order valence-corrected chi connectivity index (χ2v) is 4.24. The number of H-pyrrole nitrogens is 1. The number of carbonyl (C=O) groups excluding carboxylic acids is 1. The molecule has 2 heterocycles. The van der Waals surface area contributed by atoms with E-state index in [1.807, 2.05) is 0 Å². The summed E-state index contributed by atoms with van der Waals surface area (Å²) in [6.07, 6.45) is 3.61. The highest BCUT2D eigenvalue weighted by molar-refractivity contribution is 5.93. The summed E-state index contributed by atoms with van der Waals surface area (Å²) in [5.41, 5.74) is 6.45. The smallest absolute Gasteiger partial charge is 0.271 e. The van der Waals surface area contributed by atoms with E-state index in [1.165, 1.54) is 0 Å². The molecule has 1 aliphatic heterocycles. The largest absolute Gasteiger partial charge is 0.334 e. The standard InChI is InChI=1S/C10H16N4O/c1-2-4-10(11)6-14(7-10)9(15)8-3-5-12-13-8/h3,5H,2,4,6-7,11H2,1H3,(H,12,13). The van der Waals surface area contributed by atoms with E-state index in [-0.39, 0.29) is 11.4 Å². The van der Waals surface area contributed by atoms with Crippen molar-refractivity contribution < 1.29 is 4.79 Å². The number of hydrogen-bond donors (Lipinski definition) is 2. The van der Waals surface area contributed by atoms with Crippen molar-refractivity contribution in [1.29, 1.82) is 0 Å². The Hall–Kier alpha value is -1.36. The van der Waals surface area contributed by atoms with E-state index < -0.39 is 0 Å². The molecule has 5 heteroatoms. The van der Waals surface area contributed by atoms with Gasteiger partial charge in [-0.25, -0.2) is 0 Å². The molecule has 1 fully saturated rings. The molecule has 5 nitrogen and oxygen atoms in total. The molecule has 1 saturated heterocycles. The SMILES string of the molecule is CCCC1(N)CN(C(=O)c2ccn[nH]2)C1. The first kappa shape index (κ1) is 10.2. The lowest BCUT2D eigenvalue weighted by Gasteiger charge is -2.47. The van der Waals surface area contributed by atoms with Crippen molar-refractivity contribution in [2.45, 2.75) is 25.3 Å². The van der Waals surface area contributed by atoms with Crippen LogP contribution in [0.2, 0.25) is 0 Å². The topological polar surface area (TPSA) is 75.0 Å². The van der Waals surface area contributed by atoms with Crippen molar-refractivity contribution >= 4 is 5.91 Å². The Morgan fingerprint density at radius 2 is 2.47 bits per heavy atom. The Balaban J connectivity index is 1.92. The molecule has 1 amide bonds. The maximum atomic E-state index is 11.8. The van der Waals surface area contributed by atoms with Gasteiger partial charge in [0, 0.05) is 19.3 Å². The minimum absolute atomic E-state index is 0.00956. The summed E-state index contributed by atoms with van der Waals surface area (Å²) in [6.45, 7) is 3.41. The third-order valence-corrected chi connectivity index (χ3v) is 2.78. The maximum Gasteiger partial charge on any atom is 0.271 e. The number of aromatic amines is 1. The van der Waals surface area contributed by atoms with Crippen molar-refractivity contribution in [2.75, 3.05) is 13.1 Å². The molecule has 0 radical (unpaired) electrons. The van der Waals surface area contributed by atoms with Crippen LogP contribution in [0.5, 0.6) is 0 Å². The molecule has 0 unspecified atom stereocenters. The molecule has 82 valence electrons. The van der Waals surface area contributed by atoms with Crippen LogP contribution in [-0.2, 0) is 0 Å². The van der Waals surface area contributed by atoms with E-state index >= 15 is 0 Å². The molecule has 3 N–H and O–H groups in total. The van der Waals surface area contributed by atoms with E-state index in [0.717, 1.165) is 12.8 Å². The number of nitrogens with one attached hydrogen (secondary N) is 1.